The number of fused-ring (bicyclic) bond motifs is 3. The molecule has 32 heavy (non-hydrogen) atoms. The van der Waals surface area contributed by atoms with Crippen LogP contribution in [0, 0.1) is 5.92 Å². The number of benzene rings is 2. The molecule has 0 bridgehead atoms. The Morgan fingerprint density at radius 2 is 1.81 bits per heavy atom. The Bertz CT molecular complexity index is 1100. The predicted molar refractivity (Wildman–Crippen MR) is 127 cm³/mol. The van der Waals surface area contributed by atoms with Crippen LogP contribution >= 0.6 is 0 Å². The fraction of sp³-hybridized carbons (Fsp3) is 0.360. The molecular weight excluding hydrogens is 402 g/mol. The minimum absolute atomic E-state index is 0.0228. The molecule has 1 atom stereocenters. The van der Waals surface area contributed by atoms with E-state index in [0.29, 0.717) is 30.5 Å². The molecule has 0 saturated heterocycles. The highest BCUT2D eigenvalue weighted by Gasteiger charge is 2.32. The molecule has 5 rings (SSSR count). The zero-order valence-corrected chi connectivity index (χ0v) is 18.2. The predicted octanol–water partition coefficient (Wildman–Crippen LogP) is 3.61. The minimum Gasteiger partial charge on any atom is -0.349 e. The van der Waals surface area contributed by atoms with Crippen LogP contribution in [-0.4, -0.2) is 43.1 Å². The molecule has 1 saturated carbocycles. The highest BCUT2D eigenvalue weighted by Crippen LogP contribution is 2.31. The van der Waals surface area contributed by atoms with E-state index in [0.717, 1.165) is 35.5 Å². The van der Waals surface area contributed by atoms with Gasteiger partial charge in [0.1, 0.15) is 0 Å². The van der Waals surface area contributed by atoms with Crippen molar-refractivity contribution in [1.29, 1.82) is 0 Å². The van der Waals surface area contributed by atoms with Crippen molar-refractivity contribution in [3.8, 4) is 0 Å². The van der Waals surface area contributed by atoms with Gasteiger partial charge in [0.2, 0.25) is 11.9 Å². The molecule has 2 aromatic carbocycles. The fourth-order valence-electron chi connectivity index (χ4n) is 4.67. The van der Waals surface area contributed by atoms with Crippen molar-refractivity contribution in [2.45, 2.75) is 38.1 Å². The van der Waals surface area contributed by atoms with Crippen LogP contribution in [0.25, 0.3) is 0 Å². The minimum atomic E-state index is -0.0270. The first-order valence-corrected chi connectivity index (χ1v) is 11.3. The van der Waals surface area contributed by atoms with Crippen molar-refractivity contribution in [3.63, 3.8) is 0 Å². The molecule has 1 unspecified atom stereocenters. The number of amides is 2. The second-order valence-electron chi connectivity index (χ2n) is 8.69. The average Bonchev–Trinajstić information content (AvgIpc) is 3.29. The van der Waals surface area contributed by atoms with E-state index >= 15 is 0 Å². The number of carbonyl (C=O) groups is 2. The lowest BCUT2D eigenvalue weighted by atomic mass is 9.93. The van der Waals surface area contributed by atoms with Crippen molar-refractivity contribution in [3.05, 3.63) is 59.7 Å². The summed E-state index contributed by atoms with van der Waals surface area (Å²) in [6.45, 7) is 0.511. The maximum atomic E-state index is 12.6. The quantitative estimate of drug-likeness (QED) is 0.782. The Morgan fingerprint density at radius 3 is 2.59 bits per heavy atom. The highest BCUT2D eigenvalue weighted by molar-refractivity contribution is 6.18. The number of carbonyl (C=O) groups excluding carboxylic acids is 2. The molecule has 7 nitrogen and oxygen atoms in total. The fourth-order valence-corrected chi connectivity index (χ4v) is 4.67. The Labute approximate surface area is 187 Å². The summed E-state index contributed by atoms with van der Waals surface area (Å²) in [6, 6.07) is 15.5. The molecule has 0 spiro atoms. The second-order valence-corrected chi connectivity index (χ2v) is 8.69. The van der Waals surface area contributed by atoms with Gasteiger partial charge >= 0.3 is 0 Å². The number of hydrogen-bond donors (Lipinski definition) is 2. The van der Waals surface area contributed by atoms with E-state index in [2.05, 4.69) is 15.6 Å². The Balaban J connectivity index is 1.32. The summed E-state index contributed by atoms with van der Waals surface area (Å²) < 4.78 is 0. The number of para-hydroxylation sites is 1. The van der Waals surface area contributed by atoms with Gasteiger partial charge in [0.25, 0.3) is 5.91 Å². The van der Waals surface area contributed by atoms with E-state index in [-0.39, 0.29) is 17.7 Å². The number of rotatable bonds is 3. The monoisotopic (exact) mass is 429 g/mol. The standard InChI is InChI=1S/C25H27N5O2/c1-30-21-9-5-4-8-20(21)23-17(14-22(30)31)15-26-25(29-23)28-19-12-10-16(11-13-19)24(32)27-18-6-2-3-7-18/h4-5,8-13,17-18H,2-3,6-7,14-15H2,1H3,(H,26,28)(H,27,32). The molecule has 0 radical (unpaired) electrons. The van der Waals surface area contributed by atoms with Crippen molar-refractivity contribution in [1.82, 2.24) is 5.32 Å². The highest BCUT2D eigenvalue weighted by atomic mass is 16.2. The first-order chi connectivity index (χ1) is 15.6. The van der Waals surface area contributed by atoms with Gasteiger partial charge in [-0.15, -0.1) is 0 Å². The number of guanidine groups is 1. The van der Waals surface area contributed by atoms with Gasteiger partial charge in [0.15, 0.2) is 0 Å². The largest absolute Gasteiger partial charge is 0.349 e. The van der Waals surface area contributed by atoms with Gasteiger partial charge < -0.3 is 15.5 Å². The summed E-state index contributed by atoms with van der Waals surface area (Å²) in [5, 5.41) is 6.37. The van der Waals surface area contributed by atoms with E-state index in [1.165, 1.54) is 12.8 Å². The molecule has 1 aliphatic carbocycles. The molecule has 0 aromatic heterocycles. The summed E-state index contributed by atoms with van der Waals surface area (Å²) in [4.78, 5) is 36.1. The normalized spacial score (nSPS) is 20.6. The number of aliphatic imine (C=N–C) groups is 2. The lowest BCUT2D eigenvalue weighted by molar-refractivity contribution is -0.118. The summed E-state index contributed by atoms with van der Waals surface area (Å²) in [6.07, 6.45) is 4.90. The summed E-state index contributed by atoms with van der Waals surface area (Å²) in [5.41, 5.74) is 4.21. The van der Waals surface area contributed by atoms with Gasteiger partial charge in [-0.25, -0.2) is 4.99 Å². The molecule has 2 amide bonds. The molecule has 7 heteroatoms. The Kier molecular flexibility index (Phi) is 5.47. The zero-order chi connectivity index (χ0) is 22.1. The molecule has 2 N–H and O–H groups in total. The average molecular weight is 430 g/mol. The van der Waals surface area contributed by atoms with Crippen molar-refractivity contribution < 1.29 is 9.59 Å². The van der Waals surface area contributed by atoms with E-state index < -0.39 is 0 Å². The van der Waals surface area contributed by atoms with E-state index in [1.807, 2.05) is 55.6 Å². The number of nitrogens with zero attached hydrogens (tertiary/aromatic N) is 3. The number of hydrogen-bond acceptors (Lipinski definition) is 5. The SMILES string of the molecule is CN1C(=O)CC2CN=C(Nc3ccc(C(=O)NC4CCCC4)cc3)N=C2c2ccccc21. The molecule has 1 fully saturated rings. The first-order valence-electron chi connectivity index (χ1n) is 11.3. The molecule has 2 aliphatic heterocycles. The number of anilines is 2. The third-order valence-corrected chi connectivity index (χ3v) is 6.50. The summed E-state index contributed by atoms with van der Waals surface area (Å²) in [5.74, 6) is 0.545. The van der Waals surface area contributed by atoms with Crippen molar-refractivity contribution in [2.75, 3.05) is 23.8 Å². The third kappa shape index (κ3) is 4.02. The zero-order valence-electron chi connectivity index (χ0n) is 18.2. The van der Waals surface area contributed by atoms with Crippen molar-refractivity contribution >= 4 is 34.9 Å². The second kappa shape index (κ2) is 8.57. The van der Waals surface area contributed by atoms with E-state index in [9.17, 15) is 9.59 Å². The van der Waals surface area contributed by atoms with Crippen LogP contribution in [-0.2, 0) is 4.79 Å². The van der Waals surface area contributed by atoms with Crippen LogP contribution < -0.4 is 15.5 Å². The molecule has 3 aliphatic rings. The van der Waals surface area contributed by atoms with Crippen molar-refractivity contribution in [2.24, 2.45) is 15.9 Å². The van der Waals surface area contributed by atoms with E-state index in [1.54, 1.807) is 4.90 Å². The lowest BCUT2D eigenvalue weighted by Crippen LogP contribution is -2.32. The summed E-state index contributed by atoms with van der Waals surface area (Å²) >= 11 is 0. The maximum Gasteiger partial charge on any atom is 0.251 e. The first kappa shape index (κ1) is 20.4. The lowest BCUT2D eigenvalue weighted by Gasteiger charge is -2.20. The van der Waals surface area contributed by atoms with Gasteiger partial charge in [-0.2, -0.15) is 0 Å². The third-order valence-electron chi connectivity index (χ3n) is 6.50. The Morgan fingerprint density at radius 1 is 1.06 bits per heavy atom. The molecule has 2 aromatic rings. The van der Waals surface area contributed by atoms with E-state index in [4.69, 9.17) is 4.99 Å². The summed E-state index contributed by atoms with van der Waals surface area (Å²) in [7, 11) is 1.81. The smallest absolute Gasteiger partial charge is 0.251 e. The molecule has 2 heterocycles. The van der Waals surface area contributed by atoms with Gasteiger partial charge in [-0.1, -0.05) is 31.0 Å². The Hall–Kier alpha value is -3.48. The number of nitrogens with one attached hydrogen (secondary N) is 2. The van der Waals surface area contributed by atoms with Crippen LogP contribution in [0.5, 0.6) is 0 Å². The van der Waals surface area contributed by atoms with Crippen LogP contribution in [0.3, 0.4) is 0 Å². The van der Waals surface area contributed by atoms with Gasteiger partial charge in [-0.05, 0) is 43.2 Å². The molecular formula is C25H27N5O2. The molecule has 164 valence electrons. The van der Waals surface area contributed by atoms with Crippen LogP contribution in [0.4, 0.5) is 11.4 Å². The van der Waals surface area contributed by atoms with Gasteiger partial charge in [0, 0.05) is 42.2 Å². The maximum absolute atomic E-state index is 12.6. The van der Waals surface area contributed by atoms with Gasteiger partial charge in [-0.3, -0.25) is 14.6 Å². The van der Waals surface area contributed by atoms with Crippen LogP contribution in [0.15, 0.2) is 58.5 Å². The van der Waals surface area contributed by atoms with Crippen LogP contribution in [0.2, 0.25) is 0 Å². The van der Waals surface area contributed by atoms with Gasteiger partial charge in [0.05, 0.1) is 17.9 Å². The van der Waals surface area contributed by atoms with Crippen LogP contribution in [0.1, 0.15) is 48.0 Å². The topological polar surface area (TPSA) is 86.2 Å².